The molecule has 0 aliphatic rings. The van der Waals surface area contributed by atoms with Gasteiger partial charge in [-0.25, -0.2) is 4.79 Å². The molecule has 0 aromatic heterocycles. The highest BCUT2D eigenvalue weighted by Gasteiger charge is 2.02. The van der Waals surface area contributed by atoms with Crippen molar-refractivity contribution in [3.63, 3.8) is 0 Å². The molecule has 0 spiro atoms. The average Bonchev–Trinajstić information content (AvgIpc) is 2.53. The third-order valence-electron chi connectivity index (χ3n) is 2.49. The summed E-state index contributed by atoms with van der Waals surface area (Å²) in [6.07, 6.45) is 2.72. The topological polar surface area (TPSA) is 114 Å². The van der Waals surface area contributed by atoms with Gasteiger partial charge in [-0.05, 0) is 29.3 Å². The number of carbonyl (C=O) groups excluding carboxylic acids is 1. The lowest BCUT2D eigenvalue weighted by Gasteiger charge is -2.08. The van der Waals surface area contributed by atoms with Gasteiger partial charge in [0.15, 0.2) is 0 Å². The van der Waals surface area contributed by atoms with Crippen LogP contribution in [0.1, 0.15) is 5.56 Å². The Labute approximate surface area is 127 Å². The number of aliphatic hydroxyl groups excluding tert-OH is 1. The summed E-state index contributed by atoms with van der Waals surface area (Å²) in [7, 11) is 1.27. The zero-order valence-corrected chi connectivity index (χ0v) is 12.1. The van der Waals surface area contributed by atoms with Crippen molar-refractivity contribution in [2.75, 3.05) is 33.5 Å². The Balaban J connectivity index is 2.74. The van der Waals surface area contributed by atoms with Crippen LogP contribution in [-0.2, 0) is 14.3 Å². The summed E-state index contributed by atoms with van der Waals surface area (Å²) in [6, 6.07) is 4.90. The van der Waals surface area contributed by atoms with Gasteiger partial charge in [-0.15, -0.1) is 0 Å². The summed E-state index contributed by atoms with van der Waals surface area (Å²) < 4.78 is 15.0. The molecular weight excluding hydrogens is 290 g/mol. The van der Waals surface area contributed by atoms with Crippen molar-refractivity contribution < 1.29 is 24.1 Å². The zero-order chi connectivity index (χ0) is 16.2. The van der Waals surface area contributed by atoms with Gasteiger partial charge in [-0.3, -0.25) is 0 Å². The molecule has 0 saturated heterocycles. The van der Waals surface area contributed by atoms with Crippen molar-refractivity contribution >= 4 is 17.7 Å². The van der Waals surface area contributed by atoms with Gasteiger partial charge in [0.25, 0.3) is 0 Å². The number of rotatable bonds is 9. The molecule has 0 unspecified atom stereocenters. The Kier molecular flexibility index (Phi) is 8.14. The molecule has 0 saturated carbocycles. The second-order valence-corrected chi connectivity index (χ2v) is 3.95. The number of ether oxygens (including phenoxy) is 3. The van der Waals surface area contributed by atoms with E-state index in [9.17, 15) is 4.79 Å². The molecule has 0 aliphatic heterocycles. The quantitative estimate of drug-likeness (QED) is 0.187. The monoisotopic (exact) mass is 307 g/mol. The Bertz CT molecular complexity index is 568. The van der Waals surface area contributed by atoms with Crippen LogP contribution >= 0.6 is 0 Å². The van der Waals surface area contributed by atoms with Crippen LogP contribution in [0.2, 0.25) is 0 Å². The number of nitrogens with zero attached hydrogens (tertiary/aromatic N) is 3. The normalized spacial score (nSPS) is 10.3. The minimum absolute atomic E-state index is 0.0394. The Morgan fingerprint density at radius 1 is 1.41 bits per heavy atom. The van der Waals surface area contributed by atoms with E-state index in [0.29, 0.717) is 30.2 Å². The summed E-state index contributed by atoms with van der Waals surface area (Å²) in [6.45, 7) is 0.849. The first-order valence-electron chi connectivity index (χ1n) is 6.48. The van der Waals surface area contributed by atoms with Crippen LogP contribution in [0.5, 0.6) is 5.75 Å². The summed E-state index contributed by atoms with van der Waals surface area (Å²) in [5, 5.41) is 12.1. The molecule has 0 aliphatic carbocycles. The van der Waals surface area contributed by atoms with Crippen molar-refractivity contribution in [2.45, 2.75) is 0 Å². The zero-order valence-electron chi connectivity index (χ0n) is 12.1. The van der Waals surface area contributed by atoms with Gasteiger partial charge in [-0.2, -0.15) is 0 Å². The van der Waals surface area contributed by atoms with E-state index in [0.717, 1.165) is 0 Å². The van der Waals surface area contributed by atoms with E-state index >= 15 is 0 Å². The summed E-state index contributed by atoms with van der Waals surface area (Å²) in [4.78, 5) is 13.8. The number of aliphatic hydroxyl groups is 1. The van der Waals surface area contributed by atoms with Gasteiger partial charge in [-0.1, -0.05) is 11.2 Å². The maximum atomic E-state index is 11.1. The Morgan fingerprint density at radius 2 is 2.23 bits per heavy atom. The standard InChI is InChI=1S/C14H17N3O5/c1-20-14(19)5-3-11-2-4-12(10-13(11)16-17-15)22-9-8-21-7-6-18/h2-5,10,18H,6-9H2,1H3. The molecule has 0 radical (unpaired) electrons. The number of hydrogen-bond acceptors (Lipinski definition) is 6. The largest absolute Gasteiger partial charge is 0.491 e. The van der Waals surface area contributed by atoms with Gasteiger partial charge < -0.3 is 19.3 Å². The SMILES string of the molecule is COC(=O)C=Cc1ccc(OCCOCCO)cc1N=[N+]=[N-]. The fourth-order valence-electron chi connectivity index (χ4n) is 1.50. The highest BCUT2D eigenvalue weighted by molar-refractivity contribution is 5.88. The van der Waals surface area contributed by atoms with Crippen LogP contribution in [0.25, 0.3) is 16.5 Å². The Morgan fingerprint density at radius 3 is 2.91 bits per heavy atom. The van der Waals surface area contributed by atoms with Crippen molar-refractivity contribution in [1.82, 2.24) is 0 Å². The van der Waals surface area contributed by atoms with Crippen molar-refractivity contribution in [2.24, 2.45) is 5.11 Å². The van der Waals surface area contributed by atoms with Gasteiger partial charge in [0.1, 0.15) is 12.4 Å². The van der Waals surface area contributed by atoms with Crippen molar-refractivity contribution in [1.29, 1.82) is 0 Å². The third-order valence-corrected chi connectivity index (χ3v) is 2.49. The maximum absolute atomic E-state index is 11.1. The number of carbonyl (C=O) groups is 1. The first-order chi connectivity index (χ1) is 10.7. The molecule has 1 N–H and O–H groups in total. The van der Waals surface area contributed by atoms with E-state index in [2.05, 4.69) is 14.8 Å². The van der Waals surface area contributed by atoms with Crippen LogP contribution in [-0.4, -0.2) is 44.6 Å². The Hall–Kier alpha value is -2.54. The maximum Gasteiger partial charge on any atom is 0.330 e. The van der Waals surface area contributed by atoms with E-state index in [4.69, 9.17) is 20.1 Å². The molecule has 8 heteroatoms. The minimum Gasteiger partial charge on any atom is -0.491 e. The summed E-state index contributed by atoms with van der Waals surface area (Å²) in [5.74, 6) is -0.00142. The van der Waals surface area contributed by atoms with Crippen LogP contribution in [0.15, 0.2) is 29.4 Å². The highest BCUT2D eigenvalue weighted by atomic mass is 16.5. The number of esters is 1. The minimum atomic E-state index is -0.506. The number of azide groups is 1. The molecule has 1 aromatic rings. The molecule has 0 amide bonds. The predicted molar refractivity (Wildman–Crippen MR) is 79.7 cm³/mol. The van der Waals surface area contributed by atoms with Crippen LogP contribution in [0.3, 0.4) is 0 Å². The molecule has 118 valence electrons. The second kappa shape index (κ2) is 10.2. The molecule has 1 aromatic carbocycles. The predicted octanol–water partition coefficient (Wildman–Crippen LogP) is 2.20. The molecule has 0 atom stereocenters. The van der Waals surface area contributed by atoms with Crippen molar-refractivity contribution in [3.8, 4) is 5.75 Å². The fourth-order valence-corrected chi connectivity index (χ4v) is 1.50. The number of methoxy groups -OCH3 is 1. The lowest BCUT2D eigenvalue weighted by Crippen LogP contribution is -2.09. The van der Waals surface area contributed by atoms with E-state index in [1.54, 1.807) is 18.2 Å². The van der Waals surface area contributed by atoms with Gasteiger partial charge in [0, 0.05) is 16.7 Å². The first kappa shape index (κ1) is 17.5. The highest BCUT2D eigenvalue weighted by Crippen LogP contribution is 2.26. The molecule has 0 fully saturated rings. The van der Waals surface area contributed by atoms with E-state index in [-0.39, 0.29) is 13.2 Å². The van der Waals surface area contributed by atoms with E-state index in [1.165, 1.54) is 19.3 Å². The van der Waals surface area contributed by atoms with Crippen LogP contribution < -0.4 is 4.74 Å². The molecule has 1 rings (SSSR count). The third kappa shape index (κ3) is 6.27. The fraction of sp³-hybridized carbons (Fsp3) is 0.357. The summed E-state index contributed by atoms with van der Waals surface area (Å²) in [5.41, 5.74) is 9.48. The van der Waals surface area contributed by atoms with Crippen LogP contribution in [0, 0.1) is 0 Å². The van der Waals surface area contributed by atoms with Crippen LogP contribution in [0.4, 0.5) is 5.69 Å². The average molecular weight is 307 g/mol. The second-order valence-electron chi connectivity index (χ2n) is 3.95. The van der Waals surface area contributed by atoms with E-state index in [1.807, 2.05) is 0 Å². The van der Waals surface area contributed by atoms with Gasteiger partial charge in [0.05, 0.1) is 26.9 Å². The first-order valence-corrected chi connectivity index (χ1v) is 6.48. The summed E-state index contributed by atoms with van der Waals surface area (Å²) >= 11 is 0. The molecule has 0 heterocycles. The smallest absolute Gasteiger partial charge is 0.330 e. The van der Waals surface area contributed by atoms with E-state index < -0.39 is 5.97 Å². The van der Waals surface area contributed by atoms with Crippen molar-refractivity contribution in [3.05, 3.63) is 40.3 Å². The molecule has 8 nitrogen and oxygen atoms in total. The number of benzene rings is 1. The molecular formula is C14H17N3O5. The molecule has 0 bridgehead atoms. The van der Waals surface area contributed by atoms with Gasteiger partial charge in [0.2, 0.25) is 0 Å². The number of hydrogen-bond donors (Lipinski definition) is 1. The lowest BCUT2D eigenvalue weighted by atomic mass is 10.1. The lowest BCUT2D eigenvalue weighted by molar-refractivity contribution is -0.134. The molecule has 22 heavy (non-hydrogen) atoms. The van der Waals surface area contributed by atoms with Gasteiger partial charge >= 0.3 is 5.97 Å².